The van der Waals surface area contributed by atoms with Crippen LogP contribution in [0.3, 0.4) is 0 Å². The molecule has 0 aliphatic heterocycles. The first kappa shape index (κ1) is 13.8. The highest BCUT2D eigenvalue weighted by Crippen LogP contribution is 2.19. The number of nitrogens with two attached hydrogens (primary N) is 1. The zero-order valence-electron chi connectivity index (χ0n) is 11.4. The predicted octanol–water partition coefficient (Wildman–Crippen LogP) is 1.66. The number of hydrogen-bond acceptors (Lipinski definition) is 5. The van der Waals surface area contributed by atoms with Gasteiger partial charge in [-0.1, -0.05) is 20.8 Å². The molecule has 0 radical (unpaired) electrons. The first-order valence-corrected chi connectivity index (χ1v) is 5.95. The summed E-state index contributed by atoms with van der Waals surface area (Å²) in [6.07, 6.45) is 0.957. The molecule has 0 bridgehead atoms. The molecule has 5 nitrogen and oxygen atoms in total. The van der Waals surface area contributed by atoms with Gasteiger partial charge in [-0.2, -0.15) is 5.10 Å². The SMILES string of the molecule is Cc1nnc(NCC(N)CC(C)(C)C)nc1C. The van der Waals surface area contributed by atoms with Crippen molar-refractivity contribution in [2.45, 2.75) is 47.1 Å². The minimum Gasteiger partial charge on any atom is -0.351 e. The van der Waals surface area contributed by atoms with Crippen LogP contribution >= 0.6 is 0 Å². The second-order valence-electron chi connectivity index (χ2n) is 5.71. The van der Waals surface area contributed by atoms with Crippen molar-refractivity contribution in [3.05, 3.63) is 11.4 Å². The number of hydrogen-bond donors (Lipinski definition) is 2. The van der Waals surface area contributed by atoms with Crippen LogP contribution in [0.5, 0.6) is 0 Å². The quantitative estimate of drug-likeness (QED) is 0.833. The number of anilines is 1. The molecule has 1 aromatic heterocycles. The fourth-order valence-corrected chi connectivity index (χ4v) is 1.61. The van der Waals surface area contributed by atoms with E-state index in [2.05, 4.69) is 41.3 Å². The molecule has 5 heteroatoms. The van der Waals surface area contributed by atoms with Gasteiger partial charge in [0.15, 0.2) is 0 Å². The molecule has 17 heavy (non-hydrogen) atoms. The molecule has 1 atom stereocenters. The van der Waals surface area contributed by atoms with Crippen LogP contribution in [0.2, 0.25) is 0 Å². The Labute approximate surface area is 103 Å². The molecular weight excluding hydrogens is 214 g/mol. The summed E-state index contributed by atoms with van der Waals surface area (Å²) in [5.41, 5.74) is 8.03. The lowest BCUT2D eigenvalue weighted by atomic mass is 9.88. The Balaban J connectivity index is 2.47. The zero-order chi connectivity index (χ0) is 13.1. The van der Waals surface area contributed by atoms with Gasteiger partial charge in [0.1, 0.15) is 0 Å². The highest BCUT2D eigenvalue weighted by atomic mass is 15.2. The number of nitrogens with zero attached hydrogens (tertiary/aromatic N) is 3. The second-order valence-corrected chi connectivity index (χ2v) is 5.71. The largest absolute Gasteiger partial charge is 0.351 e. The highest BCUT2D eigenvalue weighted by molar-refractivity contribution is 5.24. The molecule has 0 aliphatic rings. The first-order chi connectivity index (χ1) is 7.78. The lowest BCUT2D eigenvalue weighted by Crippen LogP contribution is -2.33. The van der Waals surface area contributed by atoms with E-state index in [4.69, 9.17) is 5.73 Å². The number of aromatic nitrogens is 3. The van der Waals surface area contributed by atoms with E-state index < -0.39 is 0 Å². The van der Waals surface area contributed by atoms with Crippen molar-refractivity contribution in [3.8, 4) is 0 Å². The van der Waals surface area contributed by atoms with Crippen LogP contribution in [0.25, 0.3) is 0 Å². The fraction of sp³-hybridized carbons (Fsp3) is 0.750. The van der Waals surface area contributed by atoms with Crippen LogP contribution < -0.4 is 11.1 Å². The first-order valence-electron chi connectivity index (χ1n) is 5.95. The summed E-state index contributed by atoms with van der Waals surface area (Å²) in [6.45, 7) is 11.0. The summed E-state index contributed by atoms with van der Waals surface area (Å²) >= 11 is 0. The summed E-state index contributed by atoms with van der Waals surface area (Å²) in [6, 6.07) is 0.0974. The number of nitrogens with one attached hydrogen (secondary N) is 1. The lowest BCUT2D eigenvalue weighted by Gasteiger charge is -2.23. The van der Waals surface area contributed by atoms with E-state index in [1.165, 1.54) is 0 Å². The Morgan fingerprint density at radius 2 is 1.82 bits per heavy atom. The van der Waals surface area contributed by atoms with E-state index in [1.807, 2.05) is 13.8 Å². The van der Waals surface area contributed by atoms with Gasteiger partial charge in [-0.05, 0) is 25.7 Å². The van der Waals surface area contributed by atoms with E-state index in [9.17, 15) is 0 Å². The van der Waals surface area contributed by atoms with Crippen LogP contribution in [-0.2, 0) is 0 Å². The van der Waals surface area contributed by atoms with Gasteiger partial charge < -0.3 is 11.1 Å². The summed E-state index contributed by atoms with van der Waals surface area (Å²) < 4.78 is 0. The average molecular weight is 237 g/mol. The van der Waals surface area contributed by atoms with Crippen molar-refractivity contribution in [2.75, 3.05) is 11.9 Å². The summed E-state index contributed by atoms with van der Waals surface area (Å²) in [4.78, 5) is 4.30. The van der Waals surface area contributed by atoms with Crippen LogP contribution in [0.15, 0.2) is 0 Å². The third kappa shape index (κ3) is 5.08. The number of aryl methyl sites for hydroxylation is 2. The van der Waals surface area contributed by atoms with Crippen LogP contribution in [0, 0.1) is 19.3 Å². The Kier molecular flexibility index (Phi) is 4.40. The standard InChI is InChI=1S/C12H23N5/c1-8-9(2)16-17-11(15-8)14-7-10(13)6-12(3,4)5/h10H,6-7,13H2,1-5H3,(H,14,15,17). The fourth-order valence-electron chi connectivity index (χ4n) is 1.61. The Morgan fingerprint density at radius 1 is 1.18 bits per heavy atom. The molecule has 0 aliphatic carbocycles. The van der Waals surface area contributed by atoms with Crippen molar-refractivity contribution in [1.29, 1.82) is 0 Å². The zero-order valence-corrected chi connectivity index (χ0v) is 11.4. The summed E-state index contributed by atoms with van der Waals surface area (Å²) in [7, 11) is 0. The molecule has 1 unspecified atom stereocenters. The maximum atomic E-state index is 6.04. The van der Waals surface area contributed by atoms with E-state index >= 15 is 0 Å². The van der Waals surface area contributed by atoms with Crippen molar-refractivity contribution < 1.29 is 0 Å². The van der Waals surface area contributed by atoms with Gasteiger partial charge in [0.25, 0.3) is 0 Å². The molecule has 3 N–H and O–H groups in total. The van der Waals surface area contributed by atoms with Crippen molar-refractivity contribution >= 4 is 5.95 Å². The Bertz CT molecular complexity index is 370. The van der Waals surface area contributed by atoms with Gasteiger partial charge in [0, 0.05) is 12.6 Å². The third-order valence-electron chi connectivity index (χ3n) is 2.49. The number of rotatable bonds is 4. The molecule has 1 rings (SSSR count). The Morgan fingerprint density at radius 3 is 2.35 bits per heavy atom. The van der Waals surface area contributed by atoms with E-state index in [-0.39, 0.29) is 11.5 Å². The predicted molar refractivity (Wildman–Crippen MR) is 69.8 cm³/mol. The molecule has 96 valence electrons. The maximum Gasteiger partial charge on any atom is 0.243 e. The van der Waals surface area contributed by atoms with Gasteiger partial charge in [-0.25, -0.2) is 4.98 Å². The van der Waals surface area contributed by atoms with Gasteiger partial charge in [0.2, 0.25) is 5.95 Å². The van der Waals surface area contributed by atoms with E-state index in [1.54, 1.807) is 0 Å². The molecule has 1 aromatic rings. The molecule has 0 fully saturated rings. The van der Waals surface area contributed by atoms with Crippen LogP contribution in [0.4, 0.5) is 5.95 Å². The van der Waals surface area contributed by atoms with Crippen molar-refractivity contribution in [2.24, 2.45) is 11.1 Å². The van der Waals surface area contributed by atoms with Gasteiger partial charge >= 0.3 is 0 Å². The molecule has 0 aromatic carbocycles. The van der Waals surface area contributed by atoms with Gasteiger partial charge in [-0.3, -0.25) is 0 Å². The smallest absolute Gasteiger partial charge is 0.243 e. The highest BCUT2D eigenvalue weighted by Gasteiger charge is 2.15. The molecule has 0 saturated carbocycles. The average Bonchev–Trinajstić information content (AvgIpc) is 2.17. The Hall–Kier alpha value is -1.23. The van der Waals surface area contributed by atoms with Gasteiger partial charge in [-0.15, -0.1) is 5.10 Å². The lowest BCUT2D eigenvalue weighted by molar-refractivity contribution is 0.344. The minimum absolute atomic E-state index is 0.0974. The molecule has 1 heterocycles. The molecular formula is C12H23N5. The minimum atomic E-state index is 0.0974. The third-order valence-corrected chi connectivity index (χ3v) is 2.49. The van der Waals surface area contributed by atoms with Crippen molar-refractivity contribution in [1.82, 2.24) is 15.2 Å². The molecule has 0 saturated heterocycles. The van der Waals surface area contributed by atoms with Crippen LogP contribution in [-0.4, -0.2) is 27.8 Å². The normalized spacial score (nSPS) is 13.5. The van der Waals surface area contributed by atoms with E-state index in [0.717, 1.165) is 17.8 Å². The summed E-state index contributed by atoms with van der Waals surface area (Å²) in [5.74, 6) is 0.553. The molecule has 0 amide bonds. The van der Waals surface area contributed by atoms with Crippen molar-refractivity contribution in [3.63, 3.8) is 0 Å². The topological polar surface area (TPSA) is 76.7 Å². The van der Waals surface area contributed by atoms with E-state index in [0.29, 0.717) is 12.5 Å². The summed E-state index contributed by atoms with van der Waals surface area (Å²) in [5, 5.41) is 11.1. The van der Waals surface area contributed by atoms with Crippen LogP contribution in [0.1, 0.15) is 38.6 Å². The monoisotopic (exact) mass is 237 g/mol. The maximum absolute atomic E-state index is 6.04. The van der Waals surface area contributed by atoms with Gasteiger partial charge in [0.05, 0.1) is 11.4 Å². The molecule has 0 spiro atoms. The second kappa shape index (κ2) is 5.40.